The Morgan fingerprint density at radius 1 is 1.14 bits per heavy atom. The second-order valence-electron chi connectivity index (χ2n) is 4.70. The number of hydrogen-bond donors (Lipinski definition) is 1. The Balaban J connectivity index is 2.03. The van der Waals surface area contributed by atoms with Crippen LogP contribution < -0.4 is 10.6 Å². The van der Waals surface area contributed by atoms with Crippen LogP contribution in [-0.2, 0) is 0 Å². The first-order valence-corrected chi connectivity index (χ1v) is 6.74. The number of aliphatic imine (C=N–C) groups is 1. The Kier molecular flexibility index (Phi) is 3.51. The Labute approximate surface area is 125 Å². The number of nitrogens with two attached hydrogens (primary N) is 1. The summed E-state index contributed by atoms with van der Waals surface area (Å²) in [6.07, 6.45) is 0. The predicted molar refractivity (Wildman–Crippen MR) is 79.5 cm³/mol. The zero-order valence-electron chi connectivity index (χ0n) is 10.9. The number of benzene rings is 2. The third-order valence-corrected chi connectivity index (χ3v) is 3.68. The van der Waals surface area contributed by atoms with Crippen LogP contribution in [0.1, 0.15) is 11.6 Å². The lowest BCUT2D eigenvalue weighted by molar-refractivity contribution is 0.491. The maximum atomic E-state index is 14.0. The summed E-state index contributed by atoms with van der Waals surface area (Å²) in [5.41, 5.74) is 6.85. The van der Waals surface area contributed by atoms with Gasteiger partial charge in [0, 0.05) is 16.3 Å². The van der Waals surface area contributed by atoms with E-state index in [4.69, 9.17) is 17.3 Å². The molecular weight excluding hydrogens is 296 g/mol. The largest absolute Gasteiger partial charge is 0.369 e. The number of rotatable bonds is 2. The predicted octanol–water partition coefficient (Wildman–Crippen LogP) is 3.49. The van der Waals surface area contributed by atoms with Gasteiger partial charge in [-0.3, -0.25) is 4.99 Å². The second-order valence-corrected chi connectivity index (χ2v) is 5.14. The molecule has 0 aromatic heterocycles. The van der Waals surface area contributed by atoms with Crippen LogP contribution in [0, 0.1) is 11.6 Å². The minimum absolute atomic E-state index is 0.231. The normalized spacial score (nSPS) is 18.0. The van der Waals surface area contributed by atoms with E-state index in [1.807, 2.05) is 0 Å². The summed E-state index contributed by atoms with van der Waals surface area (Å²) in [5.74, 6) is -1.48. The van der Waals surface area contributed by atoms with Gasteiger partial charge >= 0.3 is 0 Å². The van der Waals surface area contributed by atoms with Crippen LogP contribution in [0.15, 0.2) is 47.5 Å². The van der Waals surface area contributed by atoms with Crippen molar-refractivity contribution in [2.45, 2.75) is 6.04 Å². The van der Waals surface area contributed by atoms with Crippen molar-refractivity contribution in [3.05, 3.63) is 64.7 Å². The highest BCUT2D eigenvalue weighted by Gasteiger charge is 2.31. The van der Waals surface area contributed by atoms with Crippen molar-refractivity contribution in [1.29, 1.82) is 0 Å². The molecule has 0 spiro atoms. The number of nitrogens with zero attached hydrogens (tertiary/aromatic N) is 2. The van der Waals surface area contributed by atoms with E-state index < -0.39 is 17.7 Å². The first-order chi connectivity index (χ1) is 10.1. The number of halogens is 3. The van der Waals surface area contributed by atoms with Crippen LogP contribution in [-0.4, -0.2) is 12.5 Å². The van der Waals surface area contributed by atoms with Gasteiger partial charge in [0.1, 0.15) is 0 Å². The molecule has 1 atom stereocenters. The topological polar surface area (TPSA) is 41.6 Å². The molecule has 0 saturated carbocycles. The molecule has 1 unspecified atom stereocenters. The average molecular weight is 308 g/mol. The SMILES string of the molecule is NC1=NCC(c2cccc(F)c2F)N1c1ccc(Cl)cc1. The zero-order valence-corrected chi connectivity index (χ0v) is 11.7. The lowest BCUT2D eigenvalue weighted by Gasteiger charge is -2.27. The number of hydrogen-bond acceptors (Lipinski definition) is 3. The van der Waals surface area contributed by atoms with Gasteiger partial charge in [0.2, 0.25) is 0 Å². The summed E-state index contributed by atoms with van der Waals surface area (Å²) in [6, 6.07) is 10.6. The molecule has 0 radical (unpaired) electrons. The summed E-state index contributed by atoms with van der Waals surface area (Å²) in [6.45, 7) is 0.273. The molecule has 0 fully saturated rings. The molecule has 2 aromatic carbocycles. The van der Waals surface area contributed by atoms with E-state index in [0.29, 0.717) is 5.02 Å². The summed E-state index contributed by atoms with van der Waals surface area (Å²) in [4.78, 5) is 5.82. The highest BCUT2D eigenvalue weighted by molar-refractivity contribution is 6.30. The minimum atomic E-state index is -0.881. The van der Waals surface area contributed by atoms with Crippen LogP contribution in [0.25, 0.3) is 0 Å². The highest BCUT2D eigenvalue weighted by atomic mass is 35.5. The highest BCUT2D eigenvalue weighted by Crippen LogP contribution is 2.33. The Bertz CT molecular complexity index is 701. The van der Waals surface area contributed by atoms with Crippen LogP contribution in [0.2, 0.25) is 5.02 Å². The van der Waals surface area contributed by atoms with Gasteiger partial charge in [-0.15, -0.1) is 0 Å². The van der Waals surface area contributed by atoms with Crippen molar-refractivity contribution in [2.24, 2.45) is 10.7 Å². The Morgan fingerprint density at radius 3 is 2.57 bits per heavy atom. The summed E-state index contributed by atoms with van der Waals surface area (Å²) in [5, 5.41) is 0.585. The van der Waals surface area contributed by atoms with Gasteiger partial charge in [0.25, 0.3) is 0 Å². The maximum Gasteiger partial charge on any atom is 0.196 e. The standard InChI is InChI=1S/C15H12ClF2N3/c16-9-4-6-10(7-5-9)21-13(8-20-15(21)19)11-2-1-3-12(17)14(11)18/h1-7,13H,8H2,(H2,19,20). The van der Waals surface area contributed by atoms with E-state index in [1.54, 1.807) is 35.2 Å². The first kappa shape index (κ1) is 13.8. The van der Waals surface area contributed by atoms with Gasteiger partial charge in [0.15, 0.2) is 17.6 Å². The fraction of sp³-hybridized carbons (Fsp3) is 0.133. The third kappa shape index (κ3) is 2.45. The molecule has 0 aliphatic carbocycles. The van der Waals surface area contributed by atoms with E-state index in [1.165, 1.54) is 6.07 Å². The quantitative estimate of drug-likeness (QED) is 0.922. The van der Waals surface area contributed by atoms with Gasteiger partial charge < -0.3 is 10.6 Å². The molecule has 0 amide bonds. The van der Waals surface area contributed by atoms with E-state index in [0.717, 1.165) is 11.8 Å². The lowest BCUT2D eigenvalue weighted by atomic mass is 10.0. The molecule has 3 rings (SSSR count). The molecule has 1 aliphatic rings. The molecule has 6 heteroatoms. The molecule has 3 nitrogen and oxygen atoms in total. The van der Waals surface area contributed by atoms with Crippen LogP contribution >= 0.6 is 11.6 Å². The van der Waals surface area contributed by atoms with E-state index in [2.05, 4.69) is 4.99 Å². The van der Waals surface area contributed by atoms with Gasteiger partial charge in [-0.2, -0.15) is 0 Å². The zero-order chi connectivity index (χ0) is 15.0. The minimum Gasteiger partial charge on any atom is -0.369 e. The van der Waals surface area contributed by atoms with Gasteiger partial charge in [0.05, 0.1) is 12.6 Å². The van der Waals surface area contributed by atoms with Gasteiger partial charge in [-0.25, -0.2) is 8.78 Å². The van der Waals surface area contributed by atoms with Gasteiger partial charge in [-0.1, -0.05) is 23.7 Å². The number of anilines is 1. The molecule has 108 valence electrons. The molecular formula is C15H12ClF2N3. The van der Waals surface area contributed by atoms with Crippen LogP contribution in [0.5, 0.6) is 0 Å². The fourth-order valence-electron chi connectivity index (χ4n) is 2.43. The number of guanidine groups is 1. The summed E-state index contributed by atoms with van der Waals surface area (Å²) in [7, 11) is 0. The Morgan fingerprint density at radius 2 is 1.86 bits per heavy atom. The van der Waals surface area contributed by atoms with Gasteiger partial charge in [-0.05, 0) is 30.3 Å². The molecule has 21 heavy (non-hydrogen) atoms. The van der Waals surface area contributed by atoms with E-state index in [9.17, 15) is 8.78 Å². The van der Waals surface area contributed by atoms with Crippen molar-refractivity contribution in [1.82, 2.24) is 0 Å². The van der Waals surface area contributed by atoms with E-state index >= 15 is 0 Å². The summed E-state index contributed by atoms with van der Waals surface area (Å²) >= 11 is 5.86. The van der Waals surface area contributed by atoms with Crippen molar-refractivity contribution < 1.29 is 8.78 Å². The van der Waals surface area contributed by atoms with Crippen molar-refractivity contribution in [2.75, 3.05) is 11.4 Å². The second kappa shape index (κ2) is 5.33. The maximum absolute atomic E-state index is 14.0. The van der Waals surface area contributed by atoms with Crippen molar-refractivity contribution in [3.8, 4) is 0 Å². The van der Waals surface area contributed by atoms with Crippen molar-refractivity contribution in [3.63, 3.8) is 0 Å². The molecule has 2 N–H and O–H groups in total. The Hall–Kier alpha value is -2.14. The molecule has 2 aromatic rings. The van der Waals surface area contributed by atoms with E-state index in [-0.39, 0.29) is 18.1 Å². The smallest absolute Gasteiger partial charge is 0.196 e. The first-order valence-electron chi connectivity index (χ1n) is 6.36. The average Bonchev–Trinajstić information content (AvgIpc) is 2.85. The summed E-state index contributed by atoms with van der Waals surface area (Å²) < 4.78 is 27.5. The fourth-order valence-corrected chi connectivity index (χ4v) is 2.55. The van der Waals surface area contributed by atoms with Crippen LogP contribution in [0.3, 0.4) is 0 Å². The molecule has 0 bridgehead atoms. The van der Waals surface area contributed by atoms with Crippen molar-refractivity contribution >= 4 is 23.2 Å². The van der Waals surface area contributed by atoms with Crippen LogP contribution in [0.4, 0.5) is 14.5 Å². The third-order valence-electron chi connectivity index (χ3n) is 3.43. The lowest BCUT2D eigenvalue weighted by Crippen LogP contribution is -2.36. The molecule has 1 aliphatic heterocycles. The molecule has 1 heterocycles. The molecule has 0 saturated heterocycles. The monoisotopic (exact) mass is 307 g/mol.